The van der Waals surface area contributed by atoms with Gasteiger partial charge in [-0.3, -0.25) is 9.69 Å². The minimum atomic E-state index is -0.523. The van der Waals surface area contributed by atoms with Crippen molar-refractivity contribution in [2.45, 2.75) is 38.8 Å². The van der Waals surface area contributed by atoms with Gasteiger partial charge in [-0.25, -0.2) is 15.0 Å². The van der Waals surface area contributed by atoms with Gasteiger partial charge in [-0.2, -0.15) is 0 Å². The number of aromatic nitrogens is 3. The SMILES string of the molecule is CNc1ncccc1CN1CCCC1(C)c1nc(C)cc(C(N)=O)n1. The van der Waals surface area contributed by atoms with Gasteiger partial charge in [0.2, 0.25) is 0 Å². The van der Waals surface area contributed by atoms with Crippen LogP contribution < -0.4 is 11.1 Å². The lowest BCUT2D eigenvalue weighted by Crippen LogP contribution is -2.40. The molecule has 3 N–H and O–H groups in total. The fourth-order valence-electron chi connectivity index (χ4n) is 3.46. The molecule has 0 aliphatic carbocycles. The van der Waals surface area contributed by atoms with Gasteiger partial charge in [0, 0.05) is 31.0 Å². The summed E-state index contributed by atoms with van der Waals surface area (Å²) in [6, 6.07) is 5.65. The monoisotopic (exact) mass is 340 g/mol. The van der Waals surface area contributed by atoms with Gasteiger partial charge in [0.1, 0.15) is 17.3 Å². The second kappa shape index (κ2) is 6.76. The molecule has 0 bridgehead atoms. The number of amides is 1. The summed E-state index contributed by atoms with van der Waals surface area (Å²) < 4.78 is 0. The van der Waals surface area contributed by atoms with E-state index < -0.39 is 5.91 Å². The van der Waals surface area contributed by atoms with Gasteiger partial charge < -0.3 is 11.1 Å². The number of likely N-dealkylation sites (tertiary alicyclic amines) is 1. The molecule has 7 heteroatoms. The Hall–Kier alpha value is -2.54. The first kappa shape index (κ1) is 17.3. The normalized spacial score (nSPS) is 20.6. The molecule has 1 aliphatic rings. The van der Waals surface area contributed by atoms with Crippen molar-refractivity contribution in [3.63, 3.8) is 0 Å². The first-order chi connectivity index (χ1) is 11.9. The maximum atomic E-state index is 11.6. The molecule has 0 aromatic carbocycles. The highest BCUT2D eigenvalue weighted by Gasteiger charge is 2.41. The minimum Gasteiger partial charge on any atom is -0.373 e. The third-order valence-electron chi connectivity index (χ3n) is 4.87. The van der Waals surface area contributed by atoms with E-state index in [0.29, 0.717) is 5.82 Å². The van der Waals surface area contributed by atoms with Gasteiger partial charge in [-0.1, -0.05) is 6.07 Å². The highest BCUT2D eigenvalue weighted by Crippen LogP contribution is 2.38. The number of primary amides is 1. The largest absolute Gasteiger partial charge is 0.373 e. The van der Waals surface area contributed by atoms with E-state index in [1.54, 1.807) is 12.3 Å². The van der Waals surface area contributed by atoms with Gasteiger partial charge in [0.15, 0.2) is 0 Å². The van der Waals surface area contributed by atoms with Crippen molar-refractivity contribution in [3.8, 4) is 0 Å². The summed E-state index contributed by atoms with van der Waals surface area (Å²) in [6.07, 6.45) is 3.76. The first-order valence-electron chi connectivity index (χ1n) is 8.46. The Morgan fingerprint density at radius 1 is 1.44 bits per heavy atom. The molecule has 132 valence electrons. The Morgan fingerprint density at radius 2 is 2.24 bits per heavy atom. The number of carbonyl (C=O) groups excluding carboxylic acids is 1. The minimum absolute atomic E-state index is 0.271. The fraction of sp³-hybridized carbons (Fsp3) is 0.444. The maximum Gasteiger partial charge on any atom is 0.267 e. The van der Waals surface area contributed by atoms with Crippen LogP contribution in [-0.4, -0.2) is 39.4 Å². The molecule has 1 saturated heterocycles. The van der Waals surface area contributed by atoms with Crippen LogP contribution in [0, 0.1) is 6.92 Å². The molecule has 0 radical (unpaired) electrons. The van der Waals surface area contributed by atoms with Crippen LogP contribution in [0.1, 0.15) is 47.3 Å². The lowest BCUT2D eigenvalue weighted by Gasteiger charge is -2.34. The van der Waals surface area contributed by atoms with Gasteiger partial charge in [0.05, 0.1) is 5.54 Å². The van der Waals surface area contributed by atoms with Crippen molar-refractivity contribution in [2.24, 2.45) is 5.73 Å². The number of hydrogen-bond donors (Lipinski definition) is 2. The van der Waals surface area contributed by atoms with E-state index in [-0.39, 0.29) is 11.2 Å². The van der Waals surface area contributed by atoms with Crippen molar-refractivity contribution in [3.05, 3.63) is 47.2 Å². The quantitative estimate of drug-likeness (QED) is 0.862. The number of rotatable bonds is 5. The highest BCUT2D eigenvalue weighted by molar-refractivity contribution is 5.90. The highest BCUT2D eigenvalue weighted by atomic mass is 16.1. The van der Waals surface area contributed by atoms with E-state index in [0.717, 1.165) is 43.0 Å². The van der Waals surface area contributed by atoms with Gasteiger partial charge in [0.25, 0.3) is 5.91 Å². The van der Waals surface area contributed by atoms with Crippen LogP contribution in [0.5, 0.6) is 0 Å². The van der Waals surface area contributed by atoms with Crippen LogP contribution >= 0.6 is 0 Å². The van der Waals surface area contributed by atoms with Crippen molar-refractivity contribution >= 4 is 11.7 Å². The Kier molecular flexibility index (Phi) is 4.67. The fourth-order valence-corrected chi connectivity index (χ4v) is 3.46. The standard InChI is InChI=1S/C18H24N6O/c1-12-10-14(15(19)25)23-17(22-12)18(2)7-5-9-24(18)11-13-6-4-8-21-16(13)20-3/h4,6,8,10H,5,7,9,11H2,1-3H3,(H2,19,25)(H,20,21). The number of nitrogens with one attached hydrogen (secondary N) is 1. The number of anilines is 1. The molecule has 2 aromatic heterocycles. The third-order valence-corrected chi connectivity index (χ3v) is 4.87. The van der Waals surface area contributed by atoms with E-state index in [1.165, 1.54) is 0 Å². The topological polar surface area (TPSA) is 97.0 Å². The van der Waals surface area contributed by atoms with Gasteiger partial charge in [-0.05, 0) is 45.4 Å². The zero-order valence-corrected chi connectivity index (χ0v) is 14.9. The third kappa shape index (κ3) is 3.32. The second-order valence-electron chi connectivity index (χ2n) is 6.64. The lowest BCUT2D eigenvalue weighted by atomic mass is 9.96. The molecular formula is C18H24N6O. The van der Waals surface area contributed by atoms with Crippen molar-refractivity contribution in [1.29, 1.82) is 0 Å². The summed E-state index contributed by atoms with van der Waals surface area (Å²) in [6.45, 7) is 5.68. The average molecular weight is 340 g/mol. The zero-order chi connectivity index (χ0) is 18.0. The number of aryl methyl sites for hydroxylation is 1. The molecule has 1 fully saturated rings. The van der Waals surface area contributed by atoms with E-state index >= 15 is 0 Å². The van der Waals surface area contributed by atoms with E-state index in [1.807, 2.05) is 20.0 Å². The van der Waals surface area contributed by atoms with Crippen molar-refractivity contribution < 1.29 is 4.79 Å². The molecule has 3 heterocycles. The lowest BCUT2D eigenvalue weighted by molar-refractivity contribution is 0.0991. The average Bonchev–Trinajstić information content (AvgIpc) is 2.97. The zero-order valence-electron chi connectivity index (χ0n) is 14.9. The Bertz CT molecular complexity index is 793. The summed E-state index contributed by atoms with van der Waals surface area (Å²) in [5, 5.41) is 3.14. The van der Waals surface area contributed by atoms with Crippen LogP contribution in [0.15, 0.2) is 24.4 Å². The molecule has 0 saturated carbocycles. The molecule has 1 aliphatic heterocycles. The van der Waals surface area contributed by atoms with Crippen LogP contribution in [-0.2, 0) is 12.1 Å². The van der Waals surface area contributed by atoms with Crippen LogP contribution in [0.25, 0.3) is 0 Å². The summed E-state index contributed by atoms with van der Waals surface area (Å²) in [7, 11) is 1.87. The van der Waals surface area contributed by atoms with E-state index in [9.17, 15) is 4.79 Å². The Morgan fingerprint density at radius 3 is 2.96 bits per heavy atom. The van der Waals surface area contributed by atoms with Crippen LogP contribution in [0.2, 0.25) is 0 Å². The smallest absolute Gasteiger partial charge is 0.267 e. The molecule has 1 unspecified atom stereocenters. The van der Waals surface area contributed by atoms with Gasteiger partial charge in [-0.15, -0.1) is 0 Å². The van der Waals surface area contributed by atoms with Crippen LogP contribution in [0.4, 0.5) is 5.82 Å². The Labute approximate surface area is 147 Å². The molecule has 1 amide bonds. The van der Waals surface area contributed by atoms with Crippen molar-refractivity contribution in [2.75, 3.05) is 18.9 Å². The first-order valence-corrected chi connectivity index (χ1v) is 8.46. The predicted molar refractivity (Wildman–Crippen MR) is 96.1 cm³/mol. The molecule has 7 nitrogen and oxygen atoms in total. The van der Waals surface area contributed by atoms with Crippen LogP contribution in [0.3, 0.4) is 0 Å². The summed E-state index contributed by atoms with van der Waals surface area (Å²) >= 11 is 0. The molecule has 1 atom stereocenters. The van der Waals surface area contributed by atoms with E-state index in [2.05, 4.69) is 38.2 Å². The molecule has 25 heavy (non-hydrogen) atoms. The number of nitrogens with two attached hydrogens (primary N) is 1. The maximum absolute atomic E-state index is 11.6. The molecule has 3 rings (SSSR count). The second-order valence-corrected chi connectivity index (χ2v) is 6.64. The molecule has 0 spiro atoms. The number of carbonyl (C=O) groups is 1. The molecule has 2 aromatic rings. The van der Waals surface area contributed by atoms with Gasteiger partial charge >= 0.3 is 0 Å². The molecular weight excluding hydrogens is 316 g/mol. The van der Waals surface area contributed by atoms with Crippen molar-refractivity contribution in [1.82, 2.24) is 19.9 Å². The Balaban J connectivity index is 1.96. The number of nitrogens with zero attached hydrogens (tertiary/aromatic N) is 4. The summed E-state index contributed by atoms with van der Waals surface area (Å²) in [5.41, 5.74) is 7.24. The predicted octanol–water partition coefficient (Wildman–Crippen LogP) is 1.83. The summed E-state index contributed by atoms with van der Waals surface area (Å²) in [5.74, 6) is 1.01. The number of pyridine rings is 1. The number of hydrogen-bond acceptors (Lipinski definition) is 6. The van der Waals surface area contributed by atoms with E-state index in [4.69, 9.17) is 5.73 Å². The summed E-state index contributed by atoms with van der Waals surface area (Å²) in [4.78, 5) is 27.4.